The number of piperazine rings is 1. The number of carbonyl (C=O) groups excluding carboxylic acids is 1. The van der Waals surface area contributed by atoms with Crippen molar-refractivity contribution in [1.29, 1.82) is 0 Å². The summed E-state index contributed by atoms with van der Waals surface area (Å²) in [6, 6.07) is 16.7. The fourth-order valence-corrected chi connectivity index (χ4v) is 4.14. The highest BCUT2D eigenvalue weighted by Crippen LogP contribution is 2.26. The van der Waals surface area contributed by atoms with Crippen molar-refractivity contribution in [3.05, 3.63) is 65.4 Å². The third-order valence-electron chi connectivity index (χ3n) is 5.75. The minimum Gasteiger partial charge on any atom is -0.369 e. The second-order valence-corrected chi connectivity index (χ2v) is 7.57. The van der Waals surface area contributed by atoms with Crippen molar-refractivity contribution in [3.8, 4) is 0 Å². The zero-order chi connectivity index (χ0) is 19.0. The molecule has 0 aliphatic carbocycles. The highest BCUT2D eigenvalue weighted by atomic mass is 16.1. The fraction of sp³-hybridized carbons (Fsp3) is 0.348. The van der Waals surface area contributed by atoms with Gasteiger partial charge in [0, 0.05) is 54.0 Å². The first-order chi connectivity index (χ1) is 13.0. The number of hydrogen-bond acceptors (Lipinski definition) is 3. The second kappa shape index (κ2) is 7.20. The Hall–Kier alpha value is -2.59. The van der Waals surface area contributed by atoms with Crippen molar-refractivity contribution >= 4 is 22.4 Å². The van der Waals surface area contributed by atoms with E-state index in [1.165, 1.54) is 11.3 Å². The molecule has 4 heteroatoms. The van der Waals surface area contributed by atoms with Crippen LogP contribution in [0.15, 0.2) is 48.5 Å². The quantitative estimate of drug-likeness (QED) is 0.709. The summed E-state index contributed by atoms with van der Waals surface area (Å²) in [5, 5.41) is 1.04. The zero-order valence-electron chi connectivity index (χ0n) is 16.3. The second-order valence-electron chi connectivity index (χ2n) is 7.57. The predicted octanol–water partition coefficient (Wildman–Crippen LogP) is 4.18. The van der Waals surface area contributed by atoms with E-state index in [2.05, 4.69) is 64.2 Å². The molecule has 1 unspecified atom stereocenters. The number of ketones is 1. The van der Waals surface area contributed by atoms with Crippen LogP contribution in [-0.4, -0.2) is 47.9 Å². The first-order valence-electron chi connectivity index (χ1n) is 9.72. The fourth-order valence-electron chi connectivity index (χ4n) is 4.14. The number of Topliss-reactive ketones (excluding diaryl/α,β-unsaturated/α-hetero) is 1. The van der Waals surface area contributed by atoms with Crippen LogP contribution in [0.4, 0.5) is 5.69 Å². The van der Waals surface area contributed by atoms with Crippen LogP contribution in [0, 0.1) is 13.8 Å². The highest BCUT2D eigenvalue weighted by Gasteiger charge is 2.28. The molecule has 0 amide bonds. The molecule has 0 radical (unpaired) electrons. The van der Waals surface area contributed by atoms with Gasteiger partial charge in [0.05, 0.1) is 6.04 Å². The molecule has 27 heavy (non-hydrogen) atoms. The maximum Gasteiger partial charge on any atom is 0.182 e. The summed E-state index contributed by atoms with van der Waals surface area (Å²) in [5.41, 5.74) is 5.34. The highest BCUT2D eigenvalue weighted by molar-refractivity contribution is 6.11. The van der Waals surface area contributed by atoms with Crippen molar-refractivity contribution in [2.75, 3.05) is 31.1 Å². The van der Waals surface area contributed by atoms with Gasteiger partial charge in [-0.25, -0.2) is 0 Å². The van der Waals surface area contributed by atoms with Gasteiger partial charge in [-0.1, -0.05) is 30.3 Å². The van der Waals surface area contributed by atoms with Crippen molar-refractivity contribution in [3.63, 3.8) is 0 Å². The molecule has 1 N–H and O–H groups in total. The van der Waals surface area contributed by atoms with Crippen molar-refractivity contribution in [1.82, 2.24) is 9.88 Å². The number of hydrogen-bond donors (Lipinski definition) is 1. The number of rotatable bonds is 4. The van der Waals surface area contributed by atoms with Crippen LogP contribution in [0.25, 0.3) is 10.9 Å². The summed E-state index contributed by atoms with van der Waals surface area (Å²) in [4.78, 5) is 21.4. The number of nitrogens with one attached hydrogen (secondary N) is 1. The molecule has 3 aromatic rings. The molecule has 0 bridgehead atoms. The molecule has 1 saturated heterocycles. The first-order valence-corrected chi connectivity index (χ1v) is 9.72. The third kappa shape index (κ3) is 3.37. The SMILES string of the molecule is Cc1ccc2c(C(=O)C(C)N3CCN(c4ccccc4)CC3)c(C)[nH]c2c1. The summed E-state index contributed by atoms with van der Waals surface area (Å²) >= 11 is 0. The number of aryl methyl sites for hydroxylation is 2. The van der Waals surface area contributed by atoms with Crippen LogP contribution in [0.2, 0.25) is 0 Å². The van der Waals surface area contributed by atoms with Gasteiger partial charge in [0.2, 0.25) is 0 Å². The minimum absolute atomic E-state index is 0.109. The lowest BCUT2D eigenvalue weighted by Gasteiger charge is -2.38. The van der Waals surface area contributed by atoms with Gasteiger partial charge in [-0.15, -0.1) is 0 Å². The molecule has 1 aliphatic heterocycles. The van der Waals surface area contributed by atoms with Crippen molar-refractivity contribution in [2.24, 2.45) is 0 Å². The Balaban J connectivity index is 1.50. The first kappa shape index (κ1) is 17.8. The molecule has 0 spiro atoms. The molecule has 2 heterocycles. The lowest BCUT2D eigenvalue weighted by Crippen LogP contribution is -2.51. The molecule has 1 aliphatic rings. The largest absolute Gasteiger partial charge is 0.369 e. The van der Waals surface area contributed by atoms with Gasteiger partial charge < -0.3 is 9.88 Å². The minimum atomic E-state index is -0.109. The van der Waals surface area contributed by atoms with Crippen LogP contribution < -0.4 is 4.90 Å². The molecule has 4 nitrogen and oxygen atoms in total. The molecule has 1 fully saturated rings. The van der Waals surface area contributed by atoms with E-state index in [1.807, 2.05) is 19.9 Å². The standard InChI is InChI=1S/C23H27N3O/c1-16-9-10-20-21(15-16)24-17(2)22(20)23(27)18(3)25-11-13-26(14-12-25)19-7-5-4-6-8-19/h4-10,15,18,24H,11-14H2,1-3H3. The maximum atomic E-state index is 13.3. The van der Waals surface area contributed by atoms with Crippen molar-refractivity contribution in [2.45, 2.75) is 26.8 Å². The van der Waals surface area contributed by atoms with Gasteiger partial charge in [0.25, 0.3) is 0 Å². The molecular formula is C23H27N3O. The van der Waals surface area contributed by atoms with Crippen LogP contribution in [-0.2, 0) is 0 Å². The summed E-state index contributed by atoms with van der Waals surface area (Å²) in [7, 11) is 0. The van der Waals surface area contributed by atoms with E-state index >= 15 is 0 Å². The van der Waals surface area contributed by atoms with E-state index in [1.54, 1.807) is 0 Å². The third-order valence-corrected chi connectivity index (χ3v) is 5.75. The van der Waals surface area contributed by atoms with E-state index < -0.39 is 0 Å². The zero-order valence-corrected chi connectivity index (χ0v) is 16.3. The van der Waals surface area contributed by atoms with E-state index in [-0.39, 0.29) is 11.8 Å². The topological polar surface area (TPSA) is 39.3 Å². The van der Waals surface area contributed by atoms with E-state index in [9.17, 15) is 4.79 Å². The number of aromatic nitrogens is 1. The van der Waals surface area contributed by atoms with Crippen molar-refractivity contribution < 1.29 is 4.79 Å². The summed E-state index contributed by atoms with van der Waals surface area (Å²) in [6.45, 7) is 9.84. The van der Waals surface area contributed by atoms with Crippen LogP contribution in [0.3, 0.4) is 0 Å². The van der Waals surface area contributed by atoms with E-state index in [0.717, 1.165) is 48.3 Å². The monoisotopic (exact) mass is 361 g/mol. The van der Waals surface area contributed by atoms with Gasteiger partial charge >= 0.3 is 0 Å². The Morgan fingerprint density at radius 3 is 2.41 bits per heavy atom. The Kier molecular flexibility index (Phi) is 4.75. The van der Waals surface area contributed by atoms with E-state index in [0.29, 0.717) is 0 Å². The lowest BCUT2D eigenvalue weighted by molar-refractivity contribution is 0.0831. The number of benzene rings is 2. The molecule has 140 valence electrons. The summed E-state index contributed by atoms with van der Waals surface area (Å²) < 4.78 is 0. The molecule has 2 aromatic carbocycles. The van der Waals surface area contributed by atoms with Gasteiger partial charge in [-0.05, 0) is 44.5 Å². The Bertz CT molecular complexity index is 952. The normalized spacial score (nSPS) is 16.6. The number of para-hydroxylation sites is 1. The molecular weight excluding hydrogens is 334 g/mol. The maximum absolute atomic E-state index is 13.3. The average molecular weight is 361 g/mol. The Morgan fingerprint density at radius 1 is 1.00 bits per heavy atom. The molecule has 4 rings (SSSR count). The molecule has 0 saturated carbocycles. The molecule has 1 aromatic heterocycles. The van der Waals surface area contributed by atoms with Gasteiger partial charge in [0.1, 0.15) is 0 Å². The van der Waals surface area contributed by atoms with Gasteiger partial charge in [-0.2, -0.15) is 0 Å². The number of fused-ring (bicyclic) bond motifs is 1. The number of carbonyl (C=O) groups is 1. The number of nitrogens with zero attached hydrogens (tertiary/aromatic N) is 2. The molecule has 1 atom stereocenters. The van der Waals surface area contributed by atoms with Crippen LogP contribution in [0.5, 0.6) is 0 Å². The average Bonchev–Trinajstić information content (AvgIpc) is 3.02. The number of H-pyrrole nitrogens is 1. The predicted molar refractivity (Wildman–Crippen MR) is 112 cm³/mol. The Labute approximate surface area is 160 Å². The number of anilines is 1. The smallest absolute Gasteiger partial charge is 0.182 e. The van der Waals surface area contributed by atoms with Crippen LogP contribution in [0.1, 0.15) is 28.5 Å². The van der Waals surface area contributed by atoms with Gasteiger partial charge in [-0.3, -0.25) is 9.69 Å². The lowest BCUT2D eigenvalue weighted by atomic mass is 9.99. The van der Waals surface area contributed by atoms with E-state index in [4.69, 9.17) is 0 Å². The summed E-state index contributed by atoms with van der Waals surface area (Å²) in [6.07, 6.45) is 0. The number of aromatic amines is 1. The Morgan fingerprint density at radius 2 is 1.70 bits per heavy atom. The summed E-state index contributed by atoms with van der Waals surface area (Å²) in [5.74, 6) is 0.218. The van der Waals surface area contributed by atoms with Crippen LogP contribution >= 0.6 is 0 Å². The van der Waals surface area contributed by atoms with Gasteiger partial charge in [0.15, 0.2) is 5.78 Å².